The van der Waals surface area contributed by atoms with Crippen LogP contribution in [-0.4, -0.2) is 63.2 Å². The van der Waals surface area contributed by atoms with Crippen molar-refractivity contribution < 1.29 is 29.4 Å². The molecule has 2 aliphatic heterocycles. The van der Waals surface area contributed by atoms with Crippen molar-refractivity contribution in [3.63, 3.8) is 0 Å². The second-order valence-corrected chi connectivity index (χ2v) is 7.53. The fraction of sp³-hybridized carbons (Fsp3) is 0.733. The Morgan fingerprint density at radius 1 is 1.20 bits per heavy atom. The van der Waals surface area contributed by atoms with Gasteiger partial charge in [-0.2, -0.15) is 11.8 Å². The minimum absolute atomic E-state index is 0.124. The summed E-state index contributed by atoms with van der Waals surface area (Å²) >= 11 is 1.81. The summed E-state index contributed by atoms with van der Waals surface area (Å²) in [5, 5.41) is 26.1. The number of nitrogens with one attached hydrogen (secondary N) is 3. The first-order chi connectivity index (χ1) is 11.9. The van der Waals surface area contributed by atoms with Gasteiger partial charge < -0.3 is 26.2 Å². The molecule has 5 N–H and O–H groups in total. The lowest BCUT2D eigenvalue weighted by atomic mass is 10.0. The molecule has 3 amide bonds. The van der Waals surface area contributed by atoms with Gasteiger partial charge in [0.05, 0.1) is 12.1 Å². The number of urea groups is 1. The zero-order valence-electron chi connectivity index (χ0n) is 13.7. The van der Waals surface area contributed by atoms with Gasteiger partial charge in [-0.25, -0.2) is 9.59 Å². The number of carboxylic acid groups (broad SMARTS) is 2. The van der Waals surface area contributed by atoms with Crippen LogP contribution < -0.4 is 16.0 Å². The van der Waals surface area contributed by atoms with Gasteiger partial charge >= 0.3 is 18.0 Å². The lowest BCUT2D eigenvalue weighted by Crippen LogP contribution is -2.41. The van der Waals surface area contributed by atoms with Gasteiger partial charge in [-0.1, -0.05) is 6.42 Å². The summed E-state index contributed by atoms with van der Waals surface area (Å²) in [6.07, 6.45) is 2.06. The molecule has 0 aromatic rings. The highest BCUT2D eigenvalue weighted by Crippen LogP contribution is 2.33. The Bertz CT molecular complexity index is 543. The minimum atomic E-state index is -1.23. The second-order valence-electron chi connectivity index (χ2n) is 6.26. The molecule has 2 heterocycles. The summed E-state index contributed by atoms with van der Waals surface area (Å²) in [7, 11) is 0. The first-order valence-corrected chi connectivity index (χ1v) is 9.34. The van der Waals surface area contributed by atoms with Crippen molar-refractivity contribution in [1.29, 1.82) is 0 Å². The van der Waals surface area contributed by atoms with Gasteiger partial charge in [-0.05, 0) is 19.3 Å². The highest BCUT2D eigenvalue weighted by molar-refractivity contribution is 8.00. The van der Waals surface area contributed by atoms with Gasteiger partial charge in [0.1, 0.15) is 6.04 Å². The largest absolute Gasteiger partial charge is 0.481 e. The van der Waals surface area contributed by atoms with Crippen molar-refractivity contribution in [2.45, 2.75) is 61.9 Å². The number of aliphatic carboxylic acids is 2. The summed E-state index contributed by atoms with van der Waals surface area (Å²) < 4.78 is 0. The minimum Gasteiger partial charge on any atom is -0.481 e. The number of amides is 3. The predicted octanol–water partition coefficient (Wildman–Crippen LogP) is 0.146. The van der Waals surface area contributed by atoms with Crippen LogP contribution in [0.2, 0.25) is 0 Å². The molecular formula is C15H23N3O6S. The van der Waals surface area contributed by atoms with Gasteiger partial charge in [0.2, 0.25) is 5.91 Å². The van der Waals surface area contributed by atoms with Crippen molar-refractivity contribution in [3.05, 3.63) is 0 Å². The van der Waals surface area contributed by atoms with Crippen LogP contribution in [0.25, 0.3) is 0 Å². The summed E-state index contributed by atoms with van der Waals surface area (Å²) in [6.45, 7) is 0. The van der Waals surface area contributed by atoms with Gasteiger partial charge in [-0.15, -0.1) is 0 Å². The zero-order chi connectivity index (χ0) is 18.4. The molecule has 25 heavy (non-hydrogen) atoms. The Kier molecular flexibility index (Phi) is 6.91. The van der Waals surface area contributed by atoms with Crippen LogP contribution in [-0.2, 0) is 14.4 Å². The Morgan fingerprint density at radius 3 is 2.64 bits per heavy atom. The highest BCUT2D eigenvalue weighted by atomic mass is 32.2. The third-order valence-corrected chi connectivity index (χ3v) is 5.87. The third kappa shape index (κ3) is 5.80. The summed E-state index contributed by atoms with van der Waals surface area (Å²) in [5.74, 6) is -1.82. The number of thioether (sulfide) groups is 1. The quantitative estimate of drug-likeness (QED) is 0.271. The van der Waals surface area contributed by atoms with Crippen molar-refractivity contribution in [2.75, 3.05) is 5.75 Å². The molecule has 2 aliphatic rings. The van der Waals surface area contributed by atoms with E-state index in [-0.39, 0.29) is 43.3 Å². The van der Waals surface area contributed by atoms with Crippen LogP contribution in [0.1, 0.15) is 38.5 Å². The number of carbonyl (C=O) groups excluding carboxylic acids is 2. The average molecular weight is 373 g/mol. The summed E-state index contributed by atoms with van der Waals surface area (Å²) in [6, 6.07) is -0.981. The van der Waals surface area contributed by atoms with Gasteiger partial charge in [0.25, 0.3) is 0 Å². The van der Waals surface area contributed by atoms with E-state index in [2.05, 4.69) is 16.0 Å². The van der Waals surface area contributed by atoms with Crippen LogP contribution in [0.5, 0.6) is 0 Å². The number of fused-ring (bicyclic) bond motifs is 1. The second kappa shape index (κ2) is 8.93. The molecule has 0 aromatic heterocycles. The Labute approximate surface area is 149 Å². The molecule has 10 heteroatoms. The fourth-order valence-corrected chi connectivity index (χ4v) is 4.61. The topological polar surface area (TPSA) is 145 Å². The third-order valence-electron chi connectivity index (χ3n) is 4.36. The molecule has 2 saturated heterocycles. The normalized spacial score (nSPS) is 25.6. The van der Waals surface area contributed by atoms with E-state index in [1.165, 1.54) is 0 Å². The van der Waals surface area contributed by atoms with E-state index in [0.29, 0.717) is 11.7 Å². The SMILES string of the molecule is O=C(O)CC[C@H](NC(=O)CCCC[C@@H]1SC[C@@H]2NC(=O)N[C@@H]21)C(=O)O. The predicted molar refractivity (Wildman–Crippen MR) is 90.4 cm³/mol. The number of unbranched alkanes of at least 4 members (excludes halogenated alkanes) is 1. The Morgan fingerprint density at radius 2 is 1.96 bits per heavy atom. The first-order valence-electron chi connectivity index (χ1n) is 8.29. The number of carboxylic acids is 2. The fourth-order valence-electron chi connectivity index (χ4n) is 3.07. The highest BCUT2D eigenvalue weighted by Gasteiger charge is 2.42. The van der Waals surface area contributed by atoms with Gasteiger partial charge in [0, 0.05) is 23.8 Å². The molecule has 0 aromatic carbocycles. The molecule has 9 nitrogen and oxygen atoms in total. The number of hydrogen-bond donors (Lipinski definition) is 5. The van der Waals surface area contributed by atoms with Gasteiger partial charge in [0.15, 0.2) is 0 Å². The molecular weight excluding hydrogens is 350 g/mol. The van der Waals surface area contributed by atoms with Crippen LogP contribution in [0.15, 0.2) is 0 Å². The van der Waals surface area contributed by atoms with Crippen molar-refractivity contribution in [1.82, 2.24) is 16.0 Å². The van der Waals surface area contributed by atoms with E-state index >= 15 is 0 Å². The van der Waals surface area contributed by atoms with Crippen LogP contribution in [0.3, 0.4) is 0 Å². The molecule has 0 radical (unpaired) electrons. The molecule has 0 saturated carbocycles. The van der Waals surface area contributed by atoms with Crippen molar-refractivity contribution in [2.24, 2.45) is 0 Å². The number of rotatable bonds is 10. The van der Waals surface area contributed by atoms with Crippen molar-refractivity contribution >= 4 is 35.6 Å². The first kappa shape index (κ1) is 19.4. The monoisotopic (exact) mass is 373 g/mol. The molecule has 2 fully saturated rings. The number of carbonyl (C=O) groups is 4. The van der Waals surface area contributed by atoms with E-state index in [9.17, 15) is 19.2 Å². The Hall–Kier alpha value is -1.97. The molecule has 140 valence electrons. The van der Waals surface area contributed by atoms with Gasteiger partial charge in [-0.3, -0.25) is 9.59 Å². The van der Waals surface area contributed by atoms with Crippen molar-refractivity contribution in [3.8, 4) is 0 Å². The lowest BCUT2D eigenvalue weighted by molar-refractivity contribution is -0.143. The maximum atomic E-state index is 11.8. The zero-order valence-corrected chi connectivity index (χ0v) is 14.5. The number of hydrogen-bond acceptors (Lipinski definition) is 5. The van der Waals surface area contributed by atoms with Crippen LogP contribution >= 0.6 is 11.8 Å². The molecule has 0 bridgehead atoms. The molecule has 0 unspecified atom stereocenters. The average Bonchev–Trinajstić information content (AvgIpc) is 3.07. The molecule has 0 spiro atoms. The van der Waals surface area contributed by atoms with E-state index < -0.39 is 18.0 Å². The smallest absolute Gasteiger partial charge is 0.326 e. The standard InChI is InChI=1S/C15H23N3O6S/c19-11(16-8(14(22)23)5-6-12(20)21)4-2-1-3-10-13-9(7-25-10)17-15(24)18-13/h8-10,13H,1-7H2,(H,16,19)(H,20,21)(H,22,23)(H2,17,18,24)/t8-,9-,10-,13-/m0/s1. The van der Waals surface area contributed by atoms with E-state index in [4.69, 9.17) is 10.2 Å². The molecule has 0 aliphatic carbocycles. The maximum absolute atomic E-state index is 11.8. The summed E-state index contributed by atoms with van der Waals surface area (Å²) in [5.41, 5.74) is 0. The maximum Gasteiger partial charge on any atom is 0.326 e. The summed E-state index contributed by atoms with van der Waals surface area (Å²) in [4.78, 5) is 44.7. The lowest BCUT2D eigenvalue weighted by Gasteiger charge is -2.17. The molecule has 4 atom stereocenters. The van der Waals surface area contributed by atoms with E-state index in [1.54, 1.807) is 0 Å². The van der Waals surface area contributed by atoms with E-state index in [0.717, 1.165) is 18.6 Å². The van der Waals surface area contributed by atoms with E-state index in [1.807, 2.05) is 11.8 Å². The Balaban J connectivity index is 1.63. The van der Waals surface area contributed by atoms with Crippen LogP contribution in [0, 0.1) is 0 Å². The van der Waals surface area contributed by atoms with Crippen LogP contribution in [0.4, 0.5) is 4.79 Å². The molecule has 2 rings (SSSR count).